The van der Waals surface area contributed by atoms with Crippen molar-refractivity contribution in [2.24, 2.45) is 5.92 Å². The minimum atomic E-state index is 0.621. The Morgan fingerprint density at radius 1 is 1.37 bits per heavy atom. The number of hydrogen-bond donors (Lipinski definition) is 1. The van der Waals surface area contributed by atoms with Gasteiger partial charge < -0.3 is 15.0 Å². The molecule has 1 aliphatic heterocycles. The molecule has 0 spiro atoms. The second-order valence-corrected chi connectivity index (χ2v) is 5.13. The van der Waals surface area contributed by atoms with Crippen molar-refractivity contribution in [1.29, 1.82) is 0 Å². The third kappa shape index (κ3) is 4.06. The normalized spacial score (nSPS) is 17.4. The van der Waals surface area contributed by atoms with E-state index >= 15 is 0 Å². The highest BCUT2D eigenvalue weighted by Gasteiger charge is 2.18. The van der Waals surface area contributed by atoms with Crippen molar-refractivity contribution in [2.75, 3.05) is 38.6 Å². The van der Waals surface area contributed by atoms with Crippen LogP contribution in [0.2, 0.25) is 0 Å². The number of methoxy groups -OCH3 is 1. The lowest BCUT2D eigenvalue weighted by atomic mass is 9.97. The standard InChI is InChI=1S/C14H24N4O/c1-4-18-7-5-12(6-8-18)10-15-14-16-11(2)9-13(17-14)19-3/h9,12H,4-8,10H2,1-3H3,(H,15,16,17). The molecule has 0 aliphatic carbocycles. The first-order valence-electron chi connectivity index (χ1n) is 7.07. The number of likely N-dealkylation sites (tertiary alicyclic amines) is 1. The number of aryl methyl sites for hydroxylation is 1. The van der Waals surface area contributed by atoms with Crippen LogP contribution in [0.15, 0.2) is 6.07 Å². The van der Waals surface area contributed by atoms with Gasteiger partial charge in [-0.3, -0.25) is 0 Å². The molecule has 19 heavy (non-hydrogen) atoms. The lowest BCUT2D eigenvalue weighted by Crippen LogP contribution is -2.35. The maximum atomic E-state index is 5.16. The van der Waals surface area contributed by atoms with Crippen molar-refractivity contribution in [3.05, 3.63) is 11.8 Å². The maximum absolute atomic E-state index is 5.16. The smallest absolute Gasteiger partial charge is 0.226 e. The number of nitrogens with one attached hydrogen (secondary N) is 1. The summed E-state index contributed by atoms with van der Waals surface area (Å²) in [5.74, 6) is 2.02. The van der Waals surface area contributed by atoms with Crippen LogP contribution in [0.25, 0.3) is 0 Å². The number of hydrogen-bond acceptors (Lipinski definition) is 5. The van der Waals surface area contributed by atoms with Crippen molar-refractivity contribution >= 4 is 5.95 Å². The molecular formula is C14H24N4O. The van der Waals surface area contributed by atoms with E-state index in [1.54, 1.807) is 7.11 Å². The van der Waals surface area contributed by atoms with Crippen LogP contribution in [0.5, 0.6) is 5.88 Å². The van der Waals surface area contributed by atoms with E-state index in [1.807, 2.05) is 13.0 Å². The summed E-state index contributed by atoms with van der Waals surface area (Å²) >= 11 is 0. The van der Waals surface area contributed by atoms with Crippen molar-refractivity contribution in [2.45, 2.75) is 26.7 Å². The number of piperidine rings is 1. The van der Waals surface area contributed by atoms with Crippen molar-refractivity contribution in [3.63, 3.8) is 0 Å². The monoisotopic (exact) mass is 264 g/mol. The molecule has 0 amide bonds. The van der Waals surface area contributed by atoms with Gasteiger partial charge in [-0.2, -0.15) is 4.98 Å². The fraction of sp³-hybridized carbons (Fsp3) is 0.714. The Bertz CT molecular complexity index is 402. The number of nitrogens with zero attached hydrogens (tertiary/aromatic N) is 3. The van der Waals surface area contributed by atoms with Crippen LogP contribution in [0, 0.1) is 12.8 Å². The summed E-state index contributed by atoms with van der Waals surface area (Å²) in [6.07, 6.45) is 2.51. The van der Waals surface area contributed by atoms with Gasteiger partial charge in [0.25, 0.3) is 0 Å². The third-order valence-electron chi connectivity index (χ3n) is 3.74. The van der Waals surface area contributed by atoms with Gasteiger partial charge in [-0.25, -0.2) is 4.98 Å². The molecule has 1 N–H and O–H groups in total. The Kier molecular flexibility index (Phi) is 4.96. The van der Waals surface area contributed by atoms with Gasteiger partial charge in [0.15, 0.2) is 0 Å². The van der Waals surface area contributed by atoms with E-state index in [-0.39, 0.29) is 0 Å². The molecular weight excluding hydrogens is 240 g/mol. The van der Waals surface area contributed by atoms with Crippen molar-refractivity contribution in [1.82, 2.24) is 14.9 Å². The van der Waals surface area contributed by atoms with E-state index in [4.69, 9.17) is 4.74 Å². The largest absolute Gasteiger partial charge is 0.481 e. The number of rotatable bonds is 5. The molecule has 1 saturated heterocycles. The molecule has 1 fully saturated rings. The summed E-state index contributed by atoms with van der Waals surface area (Å²) in [7, 11) is 1.63. The summed E-state index contributed by atoms with van der Waals surface area (Å²) in [6.45, 7) is 8.71. The van der Waals surface area contributed by atoms with Crippen LogP contribution in [-0.4, -0.2) is 48.2 Å². The van der Waals surface area contributed by atoms with Crippen molar-refractivity contribution in [3.8, 4) is 5.88 Å². The first-order valence-corrected chi connectivity index (χ1v) is 7.07. The Labute approximate surface area is 115 Å². The number of ether oxygens (including phenoxy) is 1. The molecule has 0 radical (unpaired) electrons. The molecule has 1 aromatic heterocycles. The van der Waals surface area contributed by atoms with Crippen LogP contribution >= 0.6 is 0 Å². The van der Waals surface area contributed by atoms with E-state index in [9.17, 15) is 0 Å². The van der Waals surface area contributed by atoms with Gasteiger partial charge in [0.2, 0.25) is 11.8 Å². The summed E-state index contributed by atoms with van der Waals surface area (Å²) in [6, 6.07) is 1.84. The fourth-order valence-corrected chi connectivity index (χ4v) is 2.47. The van der Waals surface area contributed by atoms with Gasteiger partial charge in [-0.05, 0) is 45.3 Å². The second kappa shape index (κ2) is 6.70. The highest BCUT2D eigenvalue weighted by molar-refractivity contribution is 5.30. The molecule has 5 nitrogen and oxygen atoms in total. The molecule has 106 valence electrons. The summed E-state index contributed by atoms with van der Waals surface area (Å²) in [4.78, 5) is 11.2. The Hall–Kier alpha value is -1.36. The van der Waals surface area contributed by atoms with Crippen LogP contribution in [0.1, 0.15) is 25.5 Å². The van der Waals surface area contributed by atoms with E-state index in [2.05, 4.69) is 27.1 Å². The zero-order valence-electron chi connectivity index (χ0n) is 12.1. The van der Waals surface area contributed by atoms with Gasteiger partial charge in [-0.1, -0.05) is 6.92 Å². The zero-order valence-corrected chi connectivity index (χ0v) is 12.1. The lowest BCUT2D eigenvalue weighted by molar-refractivity contribution is 0.198. The van der Waals surface area contributed by atoms with Crippen LogP contribution in [-0.2, 0) is 0 Å². The molecule has 2 heterocycles. The van der Waals surface area contributed by atoms with Crippen LogP contribution < -0.4 is 10.1 Å². The number of aromatic nitrogens is 2. The molecule has 1 aromatic rings. The molecule has 5 heteroatoms. The second-order valence-electron chi connectivity index (χ2n) is 5.13. The predicted octanol–water partition coefficient (Wildman–Crippen LogP) is 1.94. The highest BCUT2D eigenvalue weighted by Crippen LogP contribution is 2.18. The summed E-state index contributed by atoms with van der Waals surface area (Å²) < 4.78 is 5.16. The Balaban J connectivity index is 1.84. The van der Waals surface area contributed by atoms with E-state index in [0.717, 1.165) is 18.2 Å². The predicted molar refractivity (Wildman–Crippen MR) is 76.6 cm³/mol. The van der Waals surface area contributed by atoms with E-state index < -0.39 is 0 Å². The van der Waals surface area contributed by atoms with E-state index in [0.29, 0.717) is 11.8 Å². The Morgan fingerprint density at radius 2 is 2.11 bits per heavy atom. The average Bonchev–Trinajstić information content (AvgIpc) is 2.45. The molecule has 0 atom stereocenters. The molecule has 0 bridgehead atoms. The first kappa shape index (κ1) is 14.1. The zero-order chi connectivity index (χ0) is 13.7. The molecule has 0 unspecified atom stereocenters. The fourth-order valence-electron chi connectivity index (χ4n) is 2.47. The van der Waals surface area contributed by atoms with E-state index in [1.165, 1.54) is 32.5 Å². The third-order valence-corrected chi connectivity index (χ3v) is 3.74. The minimum absolute atomic E-state index is 0.621. The topological polar surface area (TPSA) is 50.3 Å². The lowest BCUT2D eigenvalue weighted by Gasteiger charge is -2.31. The quantitative estimate of drug-likeness (QED) is 0.880. The average molecular weight is 264 g/mol. The van der Waals surface area contributed by atoms with Crippen LogP contribution in [0.4, 0.5) is 5.95 Å². The van der Waals surface area contributed by atoms with Crippen molar-refractivity contribution < 1.29 is 4.74 Å². The Morgan fingerprint density at radius 3 is 2.74 bits per heavy atom. The molecule has 0 aromatic carbocycles. The summed E-state index contributed by atoms with van der Waals surface area (Å²) in [5.41, 5.74) is 0.926. The minimum Gasteiger partial charge on any atom is -0.481 e. The molecule has 2 rings (SSSR count). The maximum Gasteiger partial charge on any atom is 0.226 e. The van der Waals surface area contributed by atoms with Gasteiger partial charge in [-0.15, -0.1) is 0 Å². The SMILES string of the molecule is CCN1CCC(CNc2nc(C)cc(OC)n2)CC1. The van der Waals surface area contributed by atoms with Gasteiger partial charge in [0.1, 0.15) is 0 Å². The number of anilines is 1. The van der Waals surface area contributed by atoms with Gasteiger partial charge in [0.05, 0.1) is 7.11 Å². The van der Waals surface area contributed by atoms with Gasteiger partial charge in [0, 0.05) is 18.3 Å². The first-order chi connectivity index (χ1) is 9.21. The van der Waals surface area contributed by atoms with Crippen LogP contribution in [0.3, 0.4) is 0 Å². The molecule has 1 aliphatic rings. The summed E-state index contributed by atoms with van der Waals surface area (Å²) in [5, 5.41) is 3.34. The molecule has 0 saturated carbocycles. The van der Waals surface area contributed by atoms with Gasteiger partial charge >= 0.3 is 0 Å². The highest BCUT2D eigenvalue weighted by atomic mass is 16.5.